The number of nitrogens with one attached hydrogen (secondary N) is 2. The number of rotatable bonds is 6. The minimum Gasteiger partial charge on any atom is -0.497 e. The number of thiocarbonyl (C=S) groups is 1. The lowest BCUT2D eigenvalue weighted by Gasteiger charge is -2.07. The molecular formula is C18H19N3OS. The van der Waals surface area contributed by atoms with Gasteiger partial charge in [-0.1, -0.05) is 48.5 Å². The molecule has 0 spiro atoms. The Bertz CT molecular complexity index is 666. The fraction of sp³-hybridized carbons (Fsp3) is 0.111. The van der Waals surface area contributed by atoms with E-state index in [0.717, 1.165) is 16.9 Å². The van der Waals surface area contributed by atoms with Gasteiger partial charge in [0.15, 0.2) is 5.11 Å². The molecule has 0 unspecified atom stereocenters. The van der Waals surface area contributed by atoms with Crippen molar-refractivity contribution in [3.63, 3.8) is 0 Å². The lowest BCUT2D eigenvalue weighted by atomic mass is 10.2. The Kier molecular flexibility index (Phi) is 6.81. The molecule has 0 saturated heterocycles. The van der Waals surface area contributed by atoms with Crippen LogP contribution in [0.1, 0.15) is 11.1 Å². The van der Waals surface area contributed by atoms with Gasteiger partial charge in [0.2, 0.25) is 0 Å². The van der Waals surface area contributed by atoms with Gasteiger partial charge in [-0.3, -0.25) is 5.43 Å². The number of hydrogen-bond acceptors (Lipinski definition) is 3. The monoisotopic (exact) mass is 325 g/mol. The SMILES string of the molecule is COc1ccc(CNC(=S)N/N=C\C=C\c2ccccc2)cc1. The van der Waals surface area contributed by atoms with E-state index >= 15 is 0 Å². The van der Waals surface area contributed by atoms with Crippen LogP contribution >= 0.6 is 12.2 Å². The molecule has 0 saturated carbocycles. The van der Waals surface area contributed by atoms with E-state index in [2.05, 4.69) is 15.8 Å². The molecule has 0 aromatic heterocycles. The third-order valence-electron chi connectivity index (χ3n) is 3.03. The van der Waals surface area contributed by atoms with Gasteiger partial charge in [0.1, 0.15) is 5.75 Å². The average molecular weight is 325 g/mol. The molecule has 0 aliphatic carbocycles. The van der Waals surface area contributed by atoms with Gasteiger partial charge in [0.05, 0.1) is 7.11 Å². The van der Waals surface area contributed by atoms with Crippen LogP contribution in [0.4, 0.5) is 0 Å². The molecule has 2 aromatic rings. The first-order chi connectivity index (χ1) is 11.3. The van der Waals surface area contributed by atoms with Crippen LogP contribution in [-0.4, -0.2) is 18.4 Å². The smallest absolute Gasteiger partial charge is 0.187 e. The summed E-state index contributed by atoms with van der Waals surface area (Å²) in [5.41, 5.74) is 5.01. The second kappa shape index (κ2) is 9.38. The van der Waals surface area contributed by atoms with Crippen molar-refractivity contribution in [2.24, 2.45) is 5.10 Å². The molecule has 2 rings (SSSR count). The second-order valence-corrected chi connectivity index (χ2v) is 5.10. The van der Waals surface area contributed by atoms with Crippen LogP contribution in [0.25, 0.3) is 6.08 Å². The summed E-state index contributed by atoms with van der Waals surface area (Å²) in [7, 11) is 1.65. The molecule has 4 nitrogen and oxygen atoms in total. The minimum absolute atomic E-state index is 0.477. The van der Waals surface area contributed by atoms with Gasteiger partial charge >= 0.3 is 0 Å². The van der Waals surface area contributed by atoms with Gasteiger partial charge in [-0.05, 0) is 41.6 Å². The lowest BCUT2D eigenvalue weighted by molar-refractivity contribution is 0.414. The zero-order valence-corrected chi connectivity index (χ0v) is 13.7. The molecule has 0 heterocycles. The van der Waals surface area contributed by atoms with Crippen molar-refractivity contribution in [3.8, 4) is 5.75 Å². The molecule has 0 aliphatic rings. The highest BCUT2D eigenvalue weighted by atomic mass is 32.1. The summed E-state index contributed by atoms with van der Waals surface area (Å²) in [4.78, 5) is 0. The van der Waals surface area contributed by atoms with E-state index in [9.17, 15) is 0 Å². The van der Waals surface area contributed by atoms with E-state index < -0.39 is 0 Å². The summed E-state index contributed by atoms with van der Waals surface area (Å²) in [6.45, 7) is 0.630. The van der Waals surface area contributed by atoms with E-state index in [0.29, 0.717) is 11.7 Å². The van der Waals surface area contributed by atoms with E-state index in [1.807, 2.05) is 66.7 Å². The van der Waals surface area contributed by atoms with Gasteiger partial charge in [-0.15, -0.1) is 0 Å². The standard InChI is InChI=1S/C18H19N3OS/c1-22-17-11-9-16(10-12-17)14-19-18(23)21-20-13-5-8-15-6-3-2-4-7-15/h2-13H,14H2,1H3,(H2,19,21,23)/b8-5+,20-13-. The maximum atomic E-state index is 5.16. The van der Waals surface area contributed by atoms with Crippen LogP contribution in [0.2, 0.25) is 0 Å². The Hall–Kier alpha value is -2.66. The highest BCUT2D eigenvalue weighted by Crippen LogP contribution is 2.10. The number of ether oxygens (including phenoxy) is 1. The summed E-state index contributed by atoms with van der Waals surface area (Å²) in [6.07, 6.45) is 5.49. The predicted octanol–water partition coefficient (Wildman–Crippen LogP) is 3.36. The van der Waals surface area contributed by atoms with Crippen molar-refractivity contribution in [2.75, 3.05) is 7.11 Å². The highest BCUT2D eigenvalue weighted by molar-refractivity contribution is 7.80. The third-order valence-corrected chi connectivity index (χ3v) is 3.26. The summed E-state index contributed by atoms with van der Waals surface area (Å²) < 4.78 is 5.12. The number of benzene rings is 2. The largest absolute Gasteiger partial charge is 0.497 e. The predicted molar refractivity (Wildman–Crippen MR) is 99.5 cm³/mol. The second-order valence-electron chi connectivity index (χ2n) is 4.69. The van der Waals surface area contributed by atoms with E-state index in [1.54, 1.807) is 13.3 Å². The normalized spacial score (nSPS) is 10.8. The number of methoxy groups -OCH3 is 1. The molecule has 2 aromatic carbocycles. The molecule has 2 N–H and O–H groups in total. The van der Waals surface area contributed by atoms with Gasteiger partial charge in [0, 0.05) is 12.8 Å². The maximum absolute atomic E-state index is 5.16. The topological polar surface area (TPSA) is 45.6 Å². The fourth-order valence-corrected chi connectivity index (χ4v) is 1.95. The van der Waals surface area contributed by atoms with Crippen molar-refractivity contribution in [2.45, 2.75) is 6.54 Å². The molecule has 0 bridgehead atoms. The van der Waals surface area contributed by atoms with Gasteiger partial charge in [-0.2, -0.15) is 5.10 Å². The molecule has 23 heavy (non-hydrogen) atoms. The zero-order valence-electron chi connectivity index (χ0n) is 12.9. The number of allylic oxidation sites excluding steroid dienone is 1. The minimum atomic E-state index is 0.477. The first-order valence-corrected chi connectivity index (χ1v) is 7.60. The summed E-state index contributed by atoms with van der Waals surface area (Å²) in [5.74, 6) is 0.837. The van der Waals surface area contributed by atoms with Crippen LogP contribution in [0, 0.1) is 0 Å². The molecule has 0 aliphatic heterocycles. The van der Waals surface area contributed by atoms with Crippen molar-refractivity contribution < 1.29 is 4.74 Å². The first kappa shape index (κ1) is 16.7. The number of nitrogens with zero attached hydrogens (tertiary/aromatic N) is 1. The Morgan fingerprint density at radius 1 is 1.13 bits per heavy atom. The molecule has 118 valence electrons. The third kappa shape index (κ3) is 6.32. The molecular weight excluding hydrogens is 306 g/mol. The summed E-state index contributed by atoms with van der Waals surface area (Å²) in [6, 6.07) is 17.8. The zero-order chi connectivity index (χ0) is 16.3. The van der Waals surface area contributed by atoms with Crippen molar-refractivity contribution in [1.82, 2.24) is 10.7 Å². The molecule has 0 amide bonds. The quantitative estimate of drug-likeness (QED) is 0.486. The van der Waals surface area contributed by atoms with Crippen molar-refractivity contribution in [1.29, 1.82) is 0 Å². The molecule has 5 heteroatoms. The maximum Gasteiger partial charge on any atom is 0.187 e. The Morgan fingerprint density at radius 2 is 1.87 bits per heavy atom. The molecule has 0 atom stereocenters. The van der Waals surface area contributed by atoms with Gasteiger partial charge < -0.3 is 10.1 Å². The Labute approximate surface area is 141 Å². The summed E-state index contributed by atoms with van der Waals surface area (Å²) >= 11 is 5.16. The van der Waals surface area contributed by atoms with Crippen LogP contribution in [0.3, 0.4) is 0 Å². The van der Waals surface area contributed by atoms with Crippen LogP contribution in [-0.2, 0) is 6.54 Å². The van der Waals surface area contributed by atoms with Crippen LogP contribution < -0.4 is 15.5 Å². The number of hydrogen-bond donors (Lipinski definition) is 2. The molecule has 0 fully saturated rings. The average Bonchev–Trinajstić information content (AvgIpc) is 2.61. The molecule has 0 radical (unpaired) electrons. The van der Waals surface area contributed by atoms with E-state index in [4.69, 9.17) is 17.0 Å². The van der Waals surface area contributed by atoms with Crippen LogP contribution in [0.5, 0.6) is 5.75 Å². The van der Waals surface area contributed by atoms with E-state index in [-0.39, 0.29) is 0 Å². The Balaban J connectivity index is 1.70. The van der Waals surface area contributed by atoms with E-state index in [1.165, 1.54) is 0 Å². The lowest BCUT2D eigenvalue weighted by Crippen LogP contribution is -2.31. The first-order valence-electron chi connectivity index (χ1n) is 7.19. The highest BCUT2D eigenvalue weighted by Gasteiger charge is 1.96. The van der Waals surface area contributed by atoms with Crippen molar-refractivity contribution in [3.05, 3.63) is 71.8 Å². The Morgan fingerprint density at radius 3 is 2.57 bits per heavy atom. The fourth-order valence-electron chi connectivity index (χ4n) is 1.82. The van der Waals surface area contributed by atoms with Gasteiger partial charge in [-0.25, -0.2) is 0 Å². The number of hydrazone groups is 1. The van der Waals surface area contributed by atoms with Crippen molar-refractivity contribution >= 4 is 29.6 Å². The van der Waals surface area contributed by atoms with Gasteiger partial charge in [0.25, 0.3) is 0 Å². The summed E-state index contributed by atoms with van der Waals surface area (Å²) in [5, 5.41) is 7.60. The van der Waals surface area contributed by atoms with Crippen LogP contribution in [0.15, 0.2) is 65.8 Å².